The fraction of sp³-hybridized carbons (Fsp3) is 0.0400. The number of imidazole rings is 1. The molecule has 2 N–H and O–H groups in total. The van der Waals surface area contributed by atoms with E-state index in [9.17, 15) is 14.7 Å². The van der Waals surface area contributed by atoms with E-state index in [1.807, 2.05) is 18.2 Å². The van der Waals surface area contributed by atoms with Crippen molar-refractivity contribution in [2.75, 3.05) is 4.90 Å². The number of hydrogen-bond acceptors (Lipinski definition) is 6. The molecule has 1 amide bonds. The van der Waals surface area contributed by atoms with Crippen LogP contribution in [-0.4, -0.2) is 31.7 Å². The van der Waals surface area contributed by atoms with Gasteiger partial charge in [0.25, 0.3) is 5.91 Å². The number of aliphatic hydroxyl groups is 1. The van der Waals surface area contributed by atoms with E-state index in [4.69, 9.17) is 16.0 Å². The van der Waals surface area contributed by atoms with E-state index in [1.54, 1.807) is 48.7 Å². The Balaban J connectivity index is 1.50. The number of carbonyl (C=O) groups is 2. The second-order valence-corrected chi connectivity index (χ2v) is 8.26. The number of hydrogen-bond donors (Lipinski definition) is 2. The molecule has 3 aromatic heterocycles. The maximum Gasteiger partial charge on any atom is 0.296 e. The number of nitrogens with zero attached hydrogens (tertiary/aromatic N) is 3. The highest BCUT2D eigenvalue weighted by Gasteiger charge is 2.46. The summed E-state index contributed by atoms with van der Waals surface area (Å²) in [6.07, 6.45) is 3.12. The number of rotatable bonds is 4. The highest BCUT2D eigenvalue weighted by Crippen LogP contribution is 2.41. The zero-order valence-electron chi connectivity index (χ0n) is 17.4. The number of aromatic amines is 1. The number of H-pyrrole nitrogens is 1. The summed E-state index contributed by atoms with van der Waals surface area (Å²) in [7, 11) is 0. The van der Waals surface area contributed by atoms with Crippen LogP contribution in [0.15, 0.2) is 88.8 Å². The third-order valence-electron chi connectivity index (χ3n) is 5.76. The Kier molecular flexibility index (Phi) is 4.50. The SMILES string of the molecule is O=C(C1=C(O)C(=O)N(c2nc3ccccc3[nH]2)C1c1cccnc1)c1cc2cc(Cl)ccc2o1. The predicted octanol–water partition coefficient (Wildman–Crippen LogP) is 5.14. The van der Waals surface area contributed by atoms with Crippen LogP contribution < -0.4 is 4.90 Å². The molecule has 6 rings (SSSR count). The van der Waals surface area contributed by atoms with Gasteiger partial charge in [-0.05, 0) is 48.0 Å². The fourth-order valence-electron chi connectivity index (χ4n) is 4.22. The maximum absolute atomic E-state index is 13.6. The Morgan fingerprint density at radius 1 is 1.12 bits per heavy atom. The van der Waals surface area contributed by atoms with Crippen molar-refractivity contribution in [2.24, 2.45) is 0 Å². The quantitative estimate of drug-likeness (QED) is 0.352. The molecule has 0 bridgehead atoms. The van der Waals surface area contributed by atoms with E-state index in [0.717, 1.165) is 0 Å². The number of benzene rings is 2. The van der Waals surface area contributed by atoms with Gasteiger partial charge in [-0.3, -0.25) is 19.5 Å². The molecule has 2 aromatic carbocycles. The molecule has 0 saturated heterocycles. The molecule has 0 spiro atoms. The van der Waals surface area contributed by atoms with Gasteiger partial charge in [0, 0.05) is 22.8 Å². The topological polar surface area (TPSA) is 112 Å². The van der Waals surface area contributed by atoms with Gasteiger partial charge in [-0.2, -0.15) is 0 Å². The van der Waals surface area contributed by atoms with Crippen molar-refractivity contribution < 1.29 is 19.1 Å². The zero-order valence-corrected chi connectivity index (χ0v) is 18.2. The first kappa shape index (κ1) is 20.2. The van der Waals surface area contributed by atoms with E-state index < -0.39 is 23.5 Å². The summed E-state index contributed by atoms with van der Waals surface area (Å²) >= 11 is 6.06. The molecule has 1 atom stereocenters. The molecular formula is C25H15ClN4O4. The number of furan rings is 1. The average molecular weight is 471 g/mol. The van der Waals surface area contributed by atoms with Crippen LogP contribution in [0.1, 0.15) is 22.2 Å². The molecule has 0 saturated carbocycles. The van der Waals surface area contributed by atoms with Gasteiger partial charge in [-0.1, -0.05) is 29.8 Å². The van der Waals surface area contributed by atoms with Crippen LogP contribution in [0.5, 0.6) is 0 Å². The molecule has 0 fully saturated rings. The Morgan fingerprint density at radius 2 is 1.97 bits per heavy atom. The lowest BCUT2D eigenvalue weighted by Gasteiger charge is -2.23. The number of fused-ring (bicyclic) bond motifs is 2. The Hall–Kier alpha value is -4.43. The molecule has 4 heterocycles. The number of pyridine rings is 1. The molecule has 0 aliphatic carbocycles. The Labute approximate surface area is 197 Å². The van der Waals surface area contributed by atoms with Gasteiger partial charge in [-0.25, -0.2) is 4.98 Å². The number of aromatic nitrogens is 3. The van der Waals surface area contributed by atoms with E-state index in [0.29, 0.717) is 32.6 Å². The van der Waals surface area contributed by atoms with Crippen LogP contribution >= 0.6 is 11.6 Å². The zero-order chi connectivity index (χ0) is 23.4. The van der Waals surface area contributed by atoms with Crippen molar-refractivity contribution in [1.82, 2.24) is 15.0 Å². The first-order valence-electron chi connectivity index (χ1n) is 10.4. The Bertz CT molecular complexity index is 1600. The van der Waals surface area contributed by atoms with E-state index in [-0.39, 0.29) is 17.3 Å². The second kappa shape index (κ2) is 7.57. The van der Waals surface area contributed by atoms with Crippen LogP contribution in [0.2, 0.25) is 5.02 Å². The van der Waals surface area contributed by atoms with Gasteiger partial charge in [0.2, 0.25) is 11.7 Å². The molecule has 1 aliphatic heterocycles. The van der Waals surface area contributed by atoms with Gasteiger partial charge < -0.3 is 14.5 Å². The summed E-state index contributed by atoms with van der Waals surface area (Å²) in [6.45, 7) is 0. The van der Waals surface area contributed by atoms with E-state index in [2.05, 4.69) is 15.0 Å². The lowest BCUT2D eigenvalue weighted by Crippen LogP contribution is -2.32. The number of carbonyl (C=O) groups excluding carboxylic acids is 2. The number of amides is 1. The summed E-state index contributed by atoms with van der Waals surface area (Å²) in [4.78, 5) is 39.9. The lowest BCUT2D eigenvalue weighted by atomic mass is 9.96. The van der Waals surface area contributed by atoms with Gasteiger partial charge >= 0.3 is 0 Å². The molecule has 166 valence electrons. The normalized spacial score (nSPS) is 16.2. The molecular weight excluding hydrogens is 456 g/mol. The van der Waals surface area contributed by atoms with Gasteiger partial charge in [0.05, 0.1) is 22.6 Å². The first-order chi connectivity index (χ1) is 16.5. The summed E-state index contributed by atoms with van der Waals surface area (Å²) in [5.74, 6) is -1.86. The number of nitrogens with one attached hydrogen (secondary N) is 1. The highest BCUT2D eigenvalue weighted by atomic mass is 35.5. The van der Waals surface area contributed by atoms with E-state index in [1.165, 1.54) is 11.1 Å². The van der Waals surface area contributed by atoms with Crippen molar-refractivity contribution in [2.45, 2.75) is 6.04 Å². The fourth-order valence-corrected chi connectivity index (χ4v) is 4.40. The summed E-state index contributed by atoms with van der Waals surface area (Å²) in [6, 6.07) is 16.3. The number of halogens is 1. The Morgan fingerprint density at radius 3 is 2.76 bits per heavy atom. The number of aliphatic hydroxyl groups excluding tert-OH is 1. The molecule has 8 nitrogen and oxygen atoms in total. The minimum Gasteiger partial charge on any atom is -0.503 e. The van der Waals surface area contributed by atoms with Crippen molar-refractivity contribution in [1.29, 1.82) is 0 Å². The number of anilines is 1. The largest absolute Gasteiger partial charge is 0.503 e. The van der Waals surface area contributed by atoms with Crippen LogP contribution in [0.3, 0.4) is 0 Å². The summed E-state index contributed by atoms with van der Waals surface area (Å²) in [5, 5.41) is 12.0. The van der Waals surface area contributed by atoms with Gasteiger partial charge in [-0.15, -0.1) is 0 Å². The molecule has 5 aromatic rings. The average Bonchev–Trinajstić information content (AvgIpc) is 3.53. The van der Waals surface area contributed by atoms with Gasteiger partial charge in [0.1, 0.15) is 5.58 Å². The van der Waals surface area contributed by atoms with Crippen LogP contribution in [0.25, 0.3) is 22.0 Å². The second-order valence-electron chi connectivity index (χ2n) is 7.83. The monoisotopic (exact) mass is 470 g/mol. The van der Waals surface area contributed by atoms with Gasteiger partial charge in [0.15, 0.2) is 11.5 Å². The van der Waals surface area contributed by atoms with Crippen LogP contribution in [0, 0.1) is 0 Å². The third-order valence-corrected chi connectivity index (χ3v) is 6.00. The maximum atomic E-state index is 13.6. The van der Waals surface area contributed by atoms with Crippen molar-refractivity contribution in [3.05, 3.63) is 101 Å². The molecule has 0 radical (unpaired) electrons. The number of Topliss-reactive ketones (excluding diaryl/α,β-unsaturated/α-hetero) is 1. The van der Waals surface area contributed by atoms with E-state index >= 15 is 0 Å². The molecule has 1 aliphatic rings. The van der Waals surface area contributed by atoms with Crippen LogP contribution in [0.4, 0.5) is 5.95 Å². The molecule has 34 heavy (non-hydrogen) atoms. The standard InChI is InChI=1S/C25H15ClN4O4/c26-15-7-8-18-14(10-15)11-19(34-18)22(31)20-21(13-4-3-9-27-12-13)30(24(33)23(20)32)25-28-16-5-1-2-6-17(16)29-25/h1-12,21,32H,(H,28,29). The highest BCUT2D eigenvalue weighted by molar-refractivity contribution is 6.31. The van der Waals surface area contributed by atoms with Crippen LogP contribution in [-0.2, 0) is 4.79 Å². The lowest BCUT2D eigenvalue weighted by molar-refractivity contribution is -0.117. The van der Waals surface area contributed by atoms with Crippen molar-refractivity contribution in [3.63, 3.8) is 0 Å². The van der Waals surface area contributed by atoms with Crippen molar-refractivity contribution >= 4 is 51.2 Å². The minimum absolute atomic E-state index is 0.0213. The molecule has 1 unspecified atom stereocenters. The summed E-state index contributed by atoms with van der Waals surface area (Å²) < 4.78 is 5.73. The first-order valence-corrected chi connectivity index (χ1v) is 10.7. The number of ketones is 1. The third kappa shape index (κ3) is 3.07. The smallest absolute Gasteiger partial charge is 0.296 e. The van der Waals surface area contributed by atoms with Crippen molar-refractivity contribution in [3.8, 4) is 0 Å². The minimum atomic E-state index is -0.967. The predicted molar refractivity (Wildman–Crippen MR) is 126 cm³/mol. The molecule has 9 heteroatoms. The summed E-state index contributed by atoms with van der Waals surface area (Å²) in [5.41, 5.74) is 2.23. The number of para-hydroxylation sites is 2.